The van der Waals surface area contributed by atoms with E-state index in [0.717, 1.165) is 6.54 Å². The van der Waals surface area contributed by atoms with Crippen LogP contribution in [-0.4, -0.2) is 5.71 Å². The zero-order valence-corrected chi connectivity index (χ0v) is 11.9. The van der Waals surface area contributed by atoms with E-state index in [9.17, 15) is 0 Å². The van der Waals surface area contributed by atoms with Gasteiger partial charge in [0.1, 0.15) is 0 Å². The predicted molar refractivity (Wildman–Crippen MR) is 74.8 cm³/mol. The molecule has 1 aromatic rings. The molecule has 1 aliphatic heterocycles. The molecule has 0 aromatic heterocycles. The average molecular weight is 229 g/mol. The highest BCUT2D eigenvalue weighted by molar-refractivity contribution is 6.07. The minimum absolute atomic E-state index is 0.147. The van der Waals surface area contributed by atoms with Crippen LogP contribution in [0.5, 0.6) is 0 Å². The SMILES string of the molecule is CC(C)(C)C1=NCc2cc(C(C)(C)C)ccc21. The third-order valence-corrected chi connectivity index (χ3v) is 3.34. The molecule has 1 aliphatic rings. The van der Waals surface area contributed by atoms with E-state index in [2.05, 4.69) is 59.7 Å². The molecular formula is C16H23N. The van der Waals surface area contributed by atoms with Gasteiger partial charge in [0, 0.05) is 16.7 Å². The Bertz CT molecular complexity index is 467. The van der Waals surface area contributed by atoms with Crippen LogP contribution in [0.4, 0.5) is 0 Å². The van der Waals surface area contributed by atoms with Gasteiger partial charge in [0.15, 0.2) is 0 Å². The van der Waals surface area contributed by atoms with E-state index >= 15 is 0 Å². The van der Waals surface area contributed by atoms with E-state index < -0.39 is 0 Å². The zero-order valence-electron chi connectivity index (χ0n) is 11.9. The van der Waals surface area contributed by atoms with Gasteiger partial charge in [-0.1, -0.05) is 59.7 Å². The van der Waals surface area contributed by atoms with Gasteiger partial charge in [-0.15, -0.1) is 0 Å². The lowest BCUT2D eigenvalue weighted by atomic mass is 9.82. The van der Waals surface area contributed by atoms with Crippen LogP contribution in [0.25, 0.3) is 0 Å². The molecule has 0 saturated heterocycles. The first-order chi connectivity index (χ1) is 7.69. The van der Waals surface area contributed by atoms with Crippen LogP contribution >= 0.6 is 0 Å². The molecule has 0 N–H and O–H groups in total. The second-order valence-corrected chi connectivity index (χ2v) is 7.04. The summed E-state index contributed by atoms with van der Waals surface area (Å²) in [6, 6.07) is 6.84. The Balaban J connectivity index is 2.43. The van der Waals surface area contributed by atoms with Gasteiger partial charge in [0.05, 0.1) is 6.54 Å². The topological polar surface area (TPSA) is 12.4 Å². The van der Waals surface area contributed by atoms with E-state index in [1.54, 1.807) is 0 Å². The number of nitrogens with zero attached hydrogens (tertiary/aromatic N) is 1. The van der Waals surface area contributed by atoms with Crippen LogP contribution in [0, 0.1) is 5.41 Å². The summed E-state index contributed by atoms with van der Waals surface area (Å²) in [7, 11) is 0. The monoisotopic (exact) mass is 229 g/mol. The van der Waals surface area contributed by atoms with Gasteiger partial charge in [0.25, 0.3) is 0 Å². The minimum Gasteiger partial charge on any atom is -0.284 e. The van der Waals surface area contributed by atoms with Crippen molar-refractivity contribution in [1.82, 2.24) is 0 Å². The molecule has 0 unspecified atom stereocenters. The Morgan fingerprint density at radius 2 is 1.59 bits per heavy atom. The zero-order chi connectivity index (χ0) is 12.8. The second kappa shape index (κ2) is 3.69. The Morgan fingerprint density at radius 1 is 0.941 bits per heavy atom. The van der Waals surface area contributed by atoms with Crippen LogP contribution in [0.2, 0.25) is 0 Å². The Kier molecular flexibility index (Phi) is 2.68. The average Bonchev–Trinajstić information content (AvgIpc) is 2.57. The summed E-state index contributed by atoms with van der Waals surface area (Å²) in [5.41, 5.74) is 5.77. The molecule has 0 atom stereocenters. The van der Waals surface area contributed by atoms with Gasteiger partial charge in [-0.3, -0.25) is 4.99 Å². The lowest BCUT2D eigenvalue weighted by Gasteiger charge is -2.22. The maximum atomic E-state index is 4.71. The molecule has 0 aliphatic carbocycles. The molecule has 0 fully saturated rings. The van der Waals surface area contributed by atoms with Crippen molar-refractivity contribution in [2.75, 3.05) is 0 Å². The van der Waals surface area contributed by atoms with Crippen LogP contribution in [0.1, 0.15) is 58.2 Å². The fourth-order valence-corrected chi connectivity index (χ4v) is 2.31. The third kappa shape index (κ3) is 2.29. The number of hydrogen-bond acceptors (Lipinski definition) is 1. The summed E-state index contributed by atoms with van der Waals surface area (Å²) >= 11 is 0. The number of hydrogen-bond donors (Lipinski definition) is 0. The molecular weight excluding hydrogens is 206 g/mol. The molecule has 1 heteroatoms. The third-order valence-electron chi connectivity index (χ3n) is 3.34. The summed E-state index contributed by atoms with van der Waals surface area (Å²) in [5, 5.41) is 0. The summed E-state index contributed by atoms with van der Waals surface area (Å²) in [6.07, 6.45) is 0. The fraction of sp³-hybridized carbons (Fsp3) is 0.562. The van der Waals surface area contributed by atoms with Crippen LogP contribution in [0.3, 0.4) is 0 Å². The molecule has 0 saturated carbocycles. The molecule has 1 aromatic carbocycles. The minimum atomic E-state index is 0.147. The Labute approximate surface area is 105 Å². The number of benzene rings is 1. The molecule has 0 amide bonds. The quantitative estimate of drug-likeness (QED) is 0.628. The summed E-state index contributed by atoms with van der Waals surface area (Å²) < 4.78 is 0. The number of rotatable bonds is 0. The molecule has 0 bridgehead atoms. The van der Waals surface area contributed by atoms with Gasteiger partial charge in [-0.2, -0.15) is 0 Å². The molecule has 92 valence electrons. The van der Waals surface area contributed by atoms with Crippen LogP contribution in [0.15, 0.2) is 23.2 Å². The van der Waals surface area contributed by atoms with E-state index in [-0.39, 0.29) is 10.8 Å². The van der Waals surface area contributed by atoms with Crippen molar-refractivity contribution in [1.29, 1.82) is 0 Å². The normalized spacial score (nSPS) is 15.8. The predicted octanol–water partition coefficient (Wildman–Crippen LogP) is 4.33. The number of fused-ring (bicyclic) bond motifs is 1. The van der Waals surface area contributed by atoms with E-state index in [4.69, 9.17) is 4.99 Å². The highest BCUT2D eigenvalue weighted by Gasteiger charge is 2.27. The van der Waals surface area contributed by atoms with Crippen molar-refractivity contribution >= 4 is 5.71 Å². The molecule has 0 radical (unpaired) electrons. The summed E-state index contributed by atoms with van der Waals surface area (Å²) in [4.78, 5) is 4.71. The van der Waals surface area contributed by atoms with Gasteiger partial charge >= 0.3 is 0 Å². The van der Waals surface area contributed by atoms with E-state index in [1.807, 2.05) is 0 Å². The van der Waals surface area contributed by atoms with Crippen molar-refractivity contribution in [3.8, 4) is 0 Å². The first kappa shape index (κ1) is 12.3. The largest absolute Gasteiger partial charge is 0.284 e. The van der Waals surface area contributed by atoms with Gasteiger partial charge in [-0.05, 0) is 16.5 Å². The molecule has 2 rings (SSSR count). The smallest absolute Gasteiger partial charge is 0.0650 e. The van der Waals surface area contributed by atoms with Gasteiger partial charge < -0.3 is 0 Å². The standard InChI is InChI=1S/C16H23N/c1-15(2,3)12-7-8-13-11(9-12)10-17-14(13)16(4,5)6/h7-9H,10H2,1-6H3. The molecule has 1 heterocycles. The highest BCUT2D eigenvalue weighted by Crippen LogP contribution is 2.32. The van der Waals surface area contributed by atoms with Gasteiger partial charge in [-0.25, -0.2) is 0 Å². The molecule has 17 heavy (non-hydrogen) atoms. The maximum absolute atomic E-state index is 4.71. The van der Waals surface area contributed by atoms with Crippen molar-refractivity contribution < 1.29 is 0 Å². The highest BCUT2D eigenvalue weighted by atomic mass is 14.8. The first-order valence-electron chi connectivity index (χ1n) is 6.38. The lowest BCUT2D eigenvalue weighted by Crippen LogP contribution is -2.20. The Morgan fingerprint density at radius 3 is 2.12 bits per heavy atom. The first-order valence-corrected chi connectivity index (χ1v) is 6.38. The maximum Gasteiger partial charge on any atom is 0.0650 e. The van der Waals surface area contributed by atoms with Crippen molar-refractivity contribution in [2.45, 2.75) is 53.5 Å². The molecule has 0 spiro atoms. The van der Waals surface area contributed by atoms with E-state index in [0.29, 0.717) is 0 Å². The summed E-state index contributed by atoms with van der Waals surface area (Å²) in [5.74, 6) is 0. The number of aliphatic imine (C=N–C) groups is 1. The van der Waals surface area contributed by atoms with Gasteiger partial charge in [0.2, 0.25) is 0 Å². The van der Waals surface area contributed by atoms with E-state index in [1.165, 1.54) is 22.4 Å². The molecule has 1 nitrogen and oxygen atoms in total. The summed E-state index contributed by atoms with van der Waals surface area (Å²) in [6.45, 7) is 14.3. The van der Waals surface area contributed by atoms with Crippen molar-refractivity contribution in [3.63, 3.8) is 0 Å². The van der Waals surface area contributed by atoms with Crippen LogP contribution in [-0.2, 0) is 12.0 Å². The lowest BCUT2D eigenvalue weighted by molar-refractivity contribution is 0.588. The van der Waals surface area contributed by atoms with Crippen molar-refractivity contribution in [3.05, 3.63) is 34.9 Å². The fourth-order valence-electron chi connectivity index (χ4n) is 2.31. The Hall–Kier alpha value is -1.11. The second-order valence-electron chi connectivity index (χ2n) is 7.04. The van der Waals surface area contributed by atoms with Crippen molar-refractivity contribution in [2.24, 2.45) is 10.4 Å². The van der Waals surface area contributed by atoms with Crippen LogP contribution < -0.4 is 0 Å².